The van der Waals surface area contributed by atoms with Gasteiger partial charge in [0.25, 0.3) is 0 Å². The molecule has 0 spiro atoms. The molecule has 1 saturated carbocycles. The summed E-state index contributed by atoms with van der Waals surface area (Å²) in [6.07, 6.45) is 2.87. The van der Waals surface area contributed by atoms with E-state index in [2.05, 4.69) is 10.6 Å². The lowest BCUT2D eigenvalue weighted by Crippen LogP contribution is -2.46. The van der Waals surface area contributed by atoms with E-state index in [0.29, 0.717) is 13.1 Å². The number of carbonyl (C=O) groups is 1. The van der Waals surface area contributed by atoms with Crippen LogP contribution in [0.15, 0.2) is 0 Å². The zero-order chi connectivity index (χ0) is 10.9. The number of hydrogen-bond acceptors (Lipinski definition) is 3. The molecule has 1 saturated heterocycles. The van der Waals surface area contributed by atoms with Crippen molar-refractivity contribution < 1.29 is 9.90 Å². The minimum atomic E-state index is -0.306. The second kappa shape index (κ2) is 4.10. The van der Waals surface area contributed by atoms with E-state index in [-0.39, 0.29) is 23.3 Å². The quantitative estimate of drug-likeness (QED) is 0.611. The Balaban J connectivity index is 1.75. The molecule has 0 bridgehead atoms. The molecule has 4 heteroatoms. The molecule has 1 heterocycles. The van der Waals surface area contributed by atoms with Gasteiger partial charge < -0.3 is 15.7 Å². The van der Waals surface area contributed by atoms with E-state index in [0.717, 1.165) is 25.8 Å². The largest absolute Gasteiger partial charge is 0.391 e. The SMILES string of the molecule is CC1(C(=O)NCC2CNCC2O)CCC1. The van der Waals surface area contributed by atoms with Crippen molar-refractivity contribution in [3.8, 4) is 0 Å². The number of amides is 1. The van der Waals surface area contributed by atoms with E-state index < -0.39 is 0 Å². The molecule has 15 heavy (non-hydrogen) atoms. The molecular formula is C11H20N2O2. The van der Waals surface area contributed by atoms with Crippen molar-refractivity contribution in [3.05, 3.63) is 0 Å². The smallest absolute Gasteiger partial charge is 0.225 e. The molecule has 2 fully saturated rings. The highest BCUT2D eigenvalue weighted by molar-refractivity contribution is 5.83. The Labute approximate surface area is 90.4 Å². The third-order valence-electron chi connectivity index (χ3n) is 3.83. The van der Waals surface area contributed by atoms with Crippen LogP contribution in [0.2, 0.25) is 0 Å². The molecule has 2 unspecified atom stereocenters. The number of hydrogen-bond donors (Lipinski definition) is 3. The molecule has 1 amide bonds. The van der Waals surface area contributed by atoms with Gasteiger partial charge >= 0.3 is 0 Å². The van der Waals surface area contributed by atoms with Crippen LogP contribution in [0.1, 0.15) is 26.2 Å². The number of rotatable bonds is 3. The number of nitrogens with one attached hydrogen (secondary N) is 2. The summed E-state index contributed by atoms with van der Waals surface area (Å²) in [5, 5.41) is 15.6. The lowest BCUT2D eigenvalue weighted by atomic mass is 9.70. The topological polar surface area (TPSA) is 61.4 Å². The van der Waals surface area contributed by atoms with E-state index in [4.69, 9.17) is 0 Å². The van der Waals surface area contributed by atoms with Crippen LogP contribution in [-0.2, 0) is 4.79 Å². The monoisotopic (exact) mass is 212 g/mol. The Kier molecular flexibility index (Phi) is 2.98. The van der Waals surface area contributed by atoms with Crippen LogP contribution in [0.25, 0.3) is 0 Å². The van der Waals surface area contributed by atoms with Crippen LogP contribution in [0, 0.1) is 11.3 Å². The Morgan fingerprint density at radius 1 is 1.53 bits per heavy atom. The van der Waals surface area contributed by atoms with Gasteiger partial charge in [-0.15, -0.1) is 0 Å². The summed E-state index contributed by atoms with van der Waals surface area (Å²) in [6, 6.07) is 0. The highest BCUT2D eigenvalue weighted by Gasteiger charge is 2.39. The van der Waals surface area contributed by atoms with Gasteiger partial charge in [0.15, 0.2) is 0 Å². The first-order chi connectivity index (χ1) is 7.12. The van der Waals surface area contributed by atoms with Crippen LogP contribution in [-0.4, -0.2) is 36.8 Å². The van der Waals surface area contributed by atoms with E-state index >= 15 is 0 Å². The third-order valence-corrected chi connectivity index (χ3v) is 3.83. The van der Waals surface area contributed by atoms with Crippen LogP contribution in [0.3, 0.4) is 0 Å². The fourth-order valence-electron chi connectivity index (χ4n) is 2.30. The molecule has 2 aliphatic rings. The average molecular weight is 212 g/mol. The minimum absolute atomic E-state index is 0.128. The van der Waals surface area contributed by atoms with Crippen molar-refractivity contribution in [3.63, 3.8) is 0 Å². The van der Waals surface area contributed by atoms with Crippen molar-refractivity contribution in [1.82, 2.24) is 10.6 Å². The fraction of sp³-hybridized carbons (Fsp3) is 0.909. The number of carbonyl (C=O) groups excluding carboxylic acids is 1. The summed E-state index contributed by atoms with van der Waals surface area (Å²) in [5.74, 6) is 0.338. The maximum absolute atomic E-state index is 11.8. The van der Waals surface area contributed by atoms with E-state index in [1.807, 2.05) is 6.92 Å². The molecule has 86 valence electrons. The molecule has 0 radical (unpaired) electrons. The van der Waals surface area contributed by atoms with Crippen molar-refractivity contribution in [2.24, 2.45) is 11.3 Å². The molecule has 0 aromatic rings. The molecule has 2 atom stereocenters. The predicted octanol–water partition coefficient (Wildman–Crippen LogP) is -0.127. The second-order valence-electron chi connectivity index (χ2n) is 5.11. The fourth-order valence-corrected chi connectivity index (χ4v) is 2.30. The van der Waals surface area contributed by atoms with Crippen molar-refractivity contribution in [2.45, 2.75) is 32.3 Å². The first-order valence-corrected chi connectivity index (χ1v) is 5.79. The van der Waals surface area contributed by atoms with E-state index in [1.54, 1.807) is 0 Å². The number of aliphatic hydroxyl groups excluding tert-OH is 1. The van der Waals surface area contributed by atoms with Gasteiger partial charge in [0.05, 0.1) is 6.10 Å². The lowest BCUT2D eigenvalue weighted by Gasteiger charge is -2.36. The van der Waals surface area contributed by atoms with Crippen LogP contribution >= 0.6 is 0 Å². The summed E-state index contributed by atoms with van der Waals surface area (Å²) in [7, 11) is 0. The normalized spacial score (nSPS) is 33.5. The van der Waals surface area contributed by atoms with Gasteiger partial charge in [-0.3, -0.25) is 4.79 Å². The molecule has 1 aliphatic carbocycles. The molecule has 2 rings (SSSR count). The Bertz CT molecular complexity index is 251. The summed E-state index contributed by atoms with van der Waals surface area (Å²) in [4.78, 5) is 11.8. The summed E-state index contributed by atoms with van der Waals surface area (Å²) >= 11 is 0. The Hall–Kier alpha value is -0.610. The van der Waals surface area contributed by atoms with Crippen LogP contribution < -0.4 is 10.6 Å². The minimum Gasteiger partial charge on any atom is -0.391 e. The van der Waals surface area contributed by atoms with E-state index in [1.165, 1.54) is 0 Å². The first-order valence-electron chi connectivity index (χ1n) is 5.79. The molecular weight excluding hydrogens is 192 g/mol. The van der Waals surface area contributed by atoms with Crippen molar-refractivity contribution in [2.75, 3.05) is 19.6 Å². The van der Waals surface area contributed by atoms with Gasteiger partial charge in [-0.1, -0.05) is 13.3 Å². The average Bonchev–Trinajstić information content (AvgIpc) is 2.56. The lowest BCUT2D eigenvalue weighted by molar-refractivity contribution is -0.134. The van der Waals surface area contributed by atoms with Gasteiger partial charge in [-0.25, -0.2) is 0 Å². The molecule has 3 N–H and O–H groups in total. The van der Waals surface area contributed by atoms with Gasteiger partial charge in [-0.05, 0) is 12.8 Å². The van der Waals surface area contributed by atoms with E-state index in [9.17, 15) is 9.90 Å². The zero-order valence-corrected chi connectivity index (χ0v) is 9.25. The third kappa shape index (κ3) is 2.16. The predicted molar refractivity (Wildman–Crippen MR) is 57.3 cm³/mol. The molecule has 1 aliphatic heterocycles. The number of β-amino-alcohol motifs (C(OH)–C–C–N with tert-alkyl or cyclic N) is 1. The molecule has 0 aromatic carbocycles. The summed E-state index contributed by atoms with van der Waals surface area (Å²) in [6.45, 7) is 4.08. The standard InChI is InChI=1S/C11H20N2O2/c1-11(3-2-4-11)10(15)13-6-8-5-12-7-9(8)14/h8-9,12,14H,2-7H2,1H3,(H,13,15). The van der Waals surface area contributed by atoms with Gasteiger partial charge in [0.2, 0.25) is 5.91 Å². The second-order valence-corrected chi connectivity index (χ2v) is 5.11. The highest BCUT2D eigenvalue weighted by Crippen LogP contribution is 2.40. The van der Waals surface area contributed by atoms with Crippen molar-refractivity contribution in [1.29, 1.82) is 0 Å². The molecule has 0 aromatic heterocycles. The van der Waals surface area contributed by atoms with Crippen LogP contribution in [0.5, 0.6) is 0 Å². The number of aliphatic hydroxyl groups is 1. The summed E-state index contributed by atoms with van der Waals surface area (Å²) < 4.78 is 0. The first kappa shape index (κ1) is 10.9. The molecule has 4 nitrogen and oxygen atoms in total. The van der Waals surface area contributed by atoms with Crippen LogP contribution in [0.4, 0.5) is 0 Å². The Morgan fingerprint density at radius 3 is 2.73 bits per heavy atom. The maximum Gasteiger partial charge on any atom is 0.225 e. The Morgan fingerprint density at radius 2 is 2.27 bits per heavy atom. The summed E-state index contributed by atoms with van der Waals surface area (Å²) in [5.41, 5.74) is -0.128. The highest BCUT2D eigenvalue weighted by atomic mass is 16.3. The van der Waals surface area contributed by atoms with Gasteiger partial charge in [0.1, 0.15) is 0 Å². The van der Waals surface area contributed by atoms with Gasteiger partial charge in [-0.2, -0.15) is 0 Å². The maximum atomic E-state index is 11.8. The van der Waals surface area contributed by atoms with Crippen molar-refractivity contribution >= 4 is 5.91 Å². The zero-order valence-electron chi connectivity index (χ0n) is 9.25. The van der Waals surface area contributed by atoms with Gasteiger partial charge in [0, 0.05) is 31.0 Å².